The van der Waals surface area contributed by atoms with Gasteiger partial charge < -0.3 is 10.0 Å². The van der Waals surface area contributed by atoms with Crippen LogP contribution in [0, 0.1) is 23.5 Å². The molecule has 1 aromatic heterocycles. The van der Waals surface area contributed by atoms with Crippen LogP contribution < -0.4 is 0 Å². The number of hydrogen-bond acceptors (Lipinski definition) is 3. The highest BCUT2D eigenvalue weighted by Gasteiger charge is 2.53. The van der Waals surface area contributed by atoms with Crippen LogP contribution in [0.5, 0.6) is 0 Å². The average Bonchev–Trinajstić information content (AvgIpc) is 3.21. The van der Waals surface area contributed by atoms with E-state index in [9.17, 15) is 31.5 Å². The zero-order valence-electron chi connectivity index (χ0n) is 13.5. The van der Waals surface area contributed by atoms with Crippen molar-refractivity contribution >= 4 is 11.9 Å². The van der Waals surface area contributed by atoms with Crippen molar-refractivity contribution in [2.75, 3.05) is 13.1 Å². The van der Waals surface area contributed by atoms with Crippen LogP contribution in [0.1, 0.15) is 10.5 Å². The number of likely N-dealkylation sites (tertiary alicyclic amines) is 1. The Morgan fingerprint density at radius 2 is 1.85 bits per heavy atom. The summed E-state index contributed by atoms with van der Waals surface area (Å²) < 4.78 is 66.7. The number of carbonyl (C=O) groups is 2. The molecule has 0 unspecified atom stereocenters. The molecule has 1 aliphatic rings. The van der Waals surface area contributed by atoms with Crippen LogP contribution >= 0.6 is 0 Å². The molecule has 0 aliphatic carbocycles. The molecule has 3 rings (SSSR count). The van der Waals surface area contributed by atoms with E-state index < -0.39 is 54.6 Å². The molecule has 27 heavy (non-hydrogen) atoms. The standard InChI is InChI=1S/C16H12F5N3O3/c17-8-1-2-13(11(18)5-8)24-4-3-12(22-24)14(25)23-6-9(15(26)27)10(7-23)16(19,20)21/h1-5,9-10H,6-7H2,(H,26,27)/t9-,10-/m1/s1. The topological polar surface area (TPSA) is 75.4 Å². The average molecular weight is 389 g/mol. The van der Waals surface area contributed by atoms with Crippen molar-refractivity contribution in [2.45, 2.75) is 6.18 Å². The number of rotatable bonds is 3. The Balaban J connectivity index is 1.83. The van der Waals surface area contributed by atoms with Crippen LogP contribution in [0.3, 0.4) is 0 Å². The van der Waals surface area contributed by atoms with Gasteiger partial charge in [0.25, 0.3) is 5.91 Å². The molecule has 2 atom stereocenters. The molecule has 1 N–H and O–H groups in total. The van der Waals surface area contributed by atoms with Gasteiger partial charge >= 0.3 is 12.1 Å². The monoisotopic (exact) mass is 389 g/mol. The number of carbonyl (C=O) groups excluding carboxylic acids is 1. The molecule has 6 nitrogen and oxygen atoms in total. The van der Waals surface area contributed by atoms with E-state index in [4.69, 9.17) is 5.11 Å². The van der Waals surface area contributed by atoms with Gasteiger partial charge in [0, 0.05) is 25.4 Å². The summed E-state index contributed by atoms with van der Waals surface area (Å²) in [5.41, 5.74) is -0.445. The molecule has 1 amide bonds. The van der Waals surface area contributed by atoms with E-state index in [-0.39, 0.29) is 11.4 Å². The minimum atomic E-state index is -4.77. The summed E-state index contributed by atoms with van der Waals surface area (Å²) in [5.74, 6) is -8.27. The lowest BCUT2D eigenvalue weighted by molar-refractivity contribution is -0.187. The van der Waals surface area contributed by atoms with E-state index in [1.807, 2.05) is 0 Å². The van der Waals surface area contributed by atoms with Crippen LogP contribution in [0.4, 0.5) is 22.0 Å². The summed E-state index contributed by atoms with van der Waals surface area (Å²) in [7, 11) is 0. The van der Waals surface area contributed by atoms with E-state index in [0.717, 1.165) is 27.8 Å². The zero-order valence-corrected chi connectivity index (χ0v) is 13.5. The minimum absolute atomic E-state index is 0.159. The Bertz CT molecular complexity index is 896. The number of benzene rings is 1. The summed E-state index contributed by atoms with van der Waals surface area (Å²) in [6.07, 6.45) is -3.58. The first kappa shape index (κ1) is 18.8. The fourth-order valence-corrected chi connectivity index (χ4v) is 2.95. The summed E-state index contributed by atoms with van der Waals surface area (Å²) in [6.45, 7) is -1.42. The van der Waals surface area contributed by atoms with Crippen molar-refractivity contribution in [1.82, 2.24) is 14.7 Å². The van der Waals surface area contributed by atoms with Gasteiger partial charge in [-0.1, -0.05) is 0 Å². The number of nitrogens with zero attached hydrogens (tertiary/aromatic N) is 3. The van der Waals surface area contributed by atoms with Gasteiger partial charge in [0.15, 0.2) is 11.5 Å². The molecule has 11 heteroatoms. The van der Waals surface area contributed by atoms with Gasteiger partial charge in [0.05, 0.1) is 11.8 Å². The Morgan fingerprint density at radius 3 is 2.41 bits per heavy atom. The van der Waals surface area contributed by atoms with E-state index in [1.54, 1.807) is 0 Å². The Hall–Kier alpha value is -2.98. The van der Waals surface area contributed by atoms with Crippen LogP contribution in [0.15, 0.2) is 30.5 Å². The maximum Gasteiger partial charge on any atom is 0.394 e. The Kier molecular flexibility index (Phi) is 4.62. The second-order valence-corrected chi connectivity index (χ2v) is 6.04. The van der Waals surface area contributed by atoms with Gasteiger partial charge in [-0.25, -0.2) is 13.5 Å². The zero-order chi connectivity index (χ0) is 19.9. The molecule has 144 valence electrons. The van der Waals surface area contributed by atoms with Crippen molar-refractivity contribution in [3.8, 4) is 5.69 Å². The van der Waals surface area contributed by atoms with Crippen molar-refractivity contribution in [3.05, 3.63) is 47.8 Å². The number of halogens is 5. The first-order chi connectivity index (χ1) is 12.6. The maximum atomic E-state index is 13.8. The lowest BCUT2D eigenvalue weighted by Crippen LogP contribution is -2.34. The summed E-state index contributed by atoms with van der Waals surface area (Å²) >= 11 is 0. The summed E-state index contributed by atoms with van der Waals surface area (Å²) in [4.78, 5) is 24.2. The van der Waals surface area contributed by atoms with Gasteiger partial charge in [-0.05, 0) is 18.2 Å². The normalized spacial score (nSPS) is 20.1. The number of carboxylic acid groups (broad SMARTS) is 1. The van der Waals surface area contributed by atoms with Crippen LogP contribution in [0.25, 0.3) is 5.69 Å². The Labute approximate surface area is 148 Å². The molecular weight excluding hydrogens is 377 g/mol. The lowest BCUT2D eigenvalue weighted by Gasteiger charge is -2.18. The molecule has 2 aromatic rings. The number of carboxylic acids is 1. The van der Waals surface area contributed by atoms with Crippen LogP contribution in [0.2, 0.25) is 0 Å². The van der Waals surface area contributed by atoms with Crippen LogP contribution in [-0.4, -0.2) is 50.9 Å². The molecule has 1 fully saturated rings. The maximum absolute atomic E-state index is 13.8. The van der Waals surface area contributed by atoms with Gasteiger partial charge in [-0.2, -0.15) is 18.3 Å². The van der Waals surface area contributed by atoms with E-state index in [1.165, 1.54) is 6.20 Å². The van der Waals surface area contributed by atoms with Gasteiger partial charge in [0.1, 0.15) is 11.5 Å². The first-order valence-electron chi connectivity index (χ1n) is 7.68. The minimum Gasteiger partial charge on any atom is -0.481 e. The first-order valence-corrected chi connectivity index (χ1v) is 7.68. The molecule has 0 saturated carbocycles. The van der Waals surface area contributed by atoms with E-state index in [0.29, 0.717) is 6.07 Å². The lowest BCUT2D eigenvalue weighted by atomic mass is 9.96. The summed E-state index contributed by atoms with van der Waals surface area (Å²) in [6, 6.07) is 3.83. The fourth-order valence-electron chi connectivity index (χ4n) is 2.95. The molecule has 2 heterocycles. The van der Waals surface area contributed by atoms with E-state index >= 15 is 0 Å². The van der Waals surface area contributed by atoms with Crippen molar-refractivity contribution in [3.63, 3.8) is 0 Å². The van der Waals surface area contributed by atoms with Crippen molar-refractivity contribution in [1.29, 1.82) is 0 Å². The number of alkyl halides is 3. The molecular formula is C16H12F5N3O3. The van der Waals surface area contributed by atoms with E-state index in [2.05, 4.69) is 5.10 Å². The number of amides is 1. The largest absolute Gasteiger partial charge is 0.481 e. The highest BCUT2D eigenvalue weighted by atomic mass is 19.4. The molecule has 0 bridgehead atoms. The number of aromatic nitrogens is 2. The van der Waals surface area contributed by atoms with Gasteiger partial charge in [-0.3, -0.25) is 9.59 Å². The second-order valence-electron chi connectivity index (χ2n) is 6.04. The Morgan fingerprint density at radius 1 is 1.15 bits per heavy atom. The third kappa shape index (κ3) is 3.62. The third-order valence-electron chi connectivity index (χ3n) is 4.31. The molecule has 1 aliphatic heterocycles. The quantitative estimate of drug-likeness (QED) is 0.819. The molecule has 1 aromatic carbocycles. The van der Waals surface area contributed by atoms with Gasteiger partial charge in [0.2, 0.25) is 0 Å². The highest BCUT2D eigenvalue weighted by Crippen LogP contribution is 2.38. The third-order valence-corrected chi connectivity index (χ3v) is 4.31. The van der Waals surface area contributed by atoms with Gasteiger partial charge in [-0.15, -0.1) is 0 Å². The number of hydrogen-bond donors (Lipinski definition) is 1. The molecule has 1 saturated heterocycles. The van der Waals surface area contributed by atoms with Crippen molar-refractivity contribution in [2.24, 2.45) is 11.8 Å². The van der Waals surface area contributed by atoms with Crippen LogP contribution in [-0.2, 0) is 4.79 Å². The number of aliphatic carboxylic acids is 1. The summed E-state index contributed by atoms with van der Waals surface area (Å²) in [5, 5.41) is 12.8. The SMILES string of the molecule is O=C(O)[C@@H]1CN(C(=O)c2ccn(-c3ccc(F)cc3F)n2)C[C@H]1C(F)(F)F. The molecule has 0 spiro atoms. The molecule has 0 radical (unpaired) electrons. The predicted octanol–water partition coefficient (Wildman–Crippen LogP) is 2.49. The van der Waals surface area contributed by atoms with Crippen molar-refractivity contribution < 1.29 is 36.6 Å². The second kappa shape index (κ2) is 6.63. The smallest absolute Gasteiger partial charge is 0.394 e. The highest BCUT2D eigenvalue weighted by molar-refractivity contribution is 5.93. The fraction of sp³-hybridized carbons (Fsp3) is 0.312. The predicted molar refractivity (Wildman–Crippen MR) is 80.1 cm³/mol.